The first kappa shape index (κ1) is 25.5. The highest BCUT2D eigenvalue weighted by atomic mass is 16.5. The van der Waals surface area contributed by atoms with Crippen LogP contribution in [0, 0.1) is 0 Å². The average molecular weight is 425 g/mol. The van der Waals surface area contributed by atoms with E-state index < -0.39 is 0 Å². The third kappa shape index (κ3) is 7.03. The van der Waals surface area contributed by atoms with E-state index in [1.807, 2.05) is 56.1 Å². The fraction of sp³-hybridized carbons (Fsp3) is 0.280. The Hall–Kier alpha value is -3.54. The number of nitrogens with zero attached hydrogens (tertiary/aromatic N) is 1. The number of nitrogens with one attached hydrogen (secondary N) is 1. The molecule has 6 heteroatoms. The molecule has 0 aliphatic rings. The second-order valence-corrected chi connectivity index (χ2v) is 6.21. The minimum Gasteiger partial charge on any atom is -0.496 e. The fourth-order valence-corrected chi connectivity index (χ4v) is 2.89. The van der Waals surface area contributed by atoms with E-state index in [2.05, 4.69) is 11.9 Å². The SMILES string of the molecule is C=CCCC(=O)Nc1cc(N(C)/C(=C/C=O)c2ccccc2OC)ccc1OC.CC. The van der Waals surface area contributed by atoms with Crippen molar-refractivity contribution in [3.63, 3.8) is 0 Å². The zero-order chi connectivity index (χ0) is 23.2. The van der Waals surface area contributed by atoms with Crippen molar-refractivity contribution < 1.29 is 19.1 Å². The molecule has 0 unspecified atom stereocenters. The topological polar surface area (TPSA) is 67.9 Å². The lowest BCUT2D eigenvalue weighted by Crippen LogP contribution is -2.17. The molecule has 0 saturated carbocycles. The van der Waals surface area contributed by atoms with Crippen molar-refractivity contribution in [2.24, 2.45) is 0 Å². The molecule has 6 nitrogen and oxygen atoms in total. The Morgan fingerprint density at radius 3 is 2.39 bits per heavy atom. The summed E-state index contributed by atoms with van der Waals surface area (Å²) in [5, 5.41) is 2.87. The van der Waals surface area contributed by atoms with E-state index in [0.29, 0.717) is 35.7 Å². The van der Waals surface area contributed by atoms with Gasteiger partial charge in [-0.2, -0.15) is 0 Å². The largest absolute Gasteiger partial charge is 0.496 e. The zero-order valence-corrected chi connectivity index (χ0v) is 19.0. The maximum atomic E-state index is 12.2. The number of amides is 1. The van der Waals surface area contributed by atoms with E-state index in [4.69, 9.17) is 9.47 Å². The molecule has 2 rings (SSSR count). The molecule has 0 atom stereocenters. The maximum absolute atomic E-state index is 12.2. The van der Waals surface area contributed by atoms with E-state index in [1.54, 1.807) is 32.4 Å². The van der Waals surface area contributed by atoms with Crippen molar-refractivity contribution in [1.82, 2.24) is 0 Å². The van der Waals surface area contributed by atoms with Crippen LogP contribution in [0.5, 0.6) is 11.5 Å². The van der Waals surface area contributed by atoms with Crippen LogP contribution in [-0.4, -0.2) is 33.5 Å². The second kappa shape index (κ2) is 13.6. The monoisotopic (exact) mass is 424 g/mol. The van der Waals surface area contributed by atoms with E-state index in [9.17, 15) is 9.59 Å². The van der Waals surface area contributed by atoms with Crippen molar-refractivity contribution in [2.45, 2.75) is 26.7 Å². The zero-order valence-electron chi connectivity index (χ0n) is 19.0. The molecule has 2 aromatic carbocycles. The summed E-state index contributed by atoms with van der Waals surface area (Å²) in [6, 6.07) is 12.9. The number of anilines is 2. The number of carbonyl (C=O) groups excluding carboxylic acids is 2. The molecule has 0 bridgehead atoms. The third-order valence-corrected chi connectivity index (χ3v) is 4.39. The second-order valence-electron chi connectivity index (χ2n) is 6.21. The van der Waals surface area contributed by atoms with Gasteiger partial charge in [-0.25, -0.2) is 0 Å². The van der Waals surface area contributed by atoms with Gasteiger partial charge in [0.25, 0.3) is 0 Å². The highest BCUT2D eigenvalue weighted by Gasteiger charge is 2.16. The molecule has 0 aliphatic carbocycles. The first-order valence-electron chi connectivity index (χ1n) is 10.2. The van der Waals surface area contributed by atoms with Gasteiger partial charge in [-0.3, -0.25) is 9.59 Å². The Labute approximate surface area is 185 Å². The Morgan fingerprint density at radius 2 is 1.77 bits per heavy atom. The highest BCUT2D eigenvalue weighted by Crippen LogP contribution is 2.34. The summed E-state index contributed by atoms with van der Waals surface area (Å²) in [5.74, 6) is 1.07. The number of hydrogen-bond donors (Lipinski definition) is 1. The highest BCUT2D eigenvalue weighted by molar-refractivity contribution is 5.94. The summed E-state index contributed by atoms with van der Waals surface area (Å²) in [7, 11) is 4.97. The lowest BCUT2D eigenvalue weighted by molar-refractivity contribution is -0.116. The standard InChI is InChI=1S/C23H26N2O4.C2H6/c1-5-6-11-23(27)24-19-16-17(12-13-22(19)29-4)25(2)20(14-15-26)18-9-7-8-10-21(18)28-3;1-2/h5,7-10,12-16H,1,6,11H2,2-4H3,(H,24,27);1-2H3/b20-14+;. The molecule has 0 spiro atoms. The Balaban J connectivity index is 0.00000233. The van der Waals surface area contributed by atoms with Gasteiger partial charge in [0.2, 0.25) is 5.91 Å². The minimum absolute atomic E-state index is 0.128. The molecule has 0 fully saturated rings. The van der Waals surface area contributed by atoms with Crippen LogP contribution in [-0.2, 0) is 9.59 Å². The smallest absolute Gasteiger partial charge is 0.224 e. The fourth-order valence-electron chi connectivity index (χ4n) is 2.89. The molecule has 31 heavy (non-hydrogen) atoms. The van der Waals surface area contributed by atoms with Crippen molar-refractivity contribution in [3.05, 3.63) is 66.8 Å². The normalized spacial score (nSPS) is 10.3. The molecular weight excluding hydrogens is 392 g/mol. The van der Waals surface area contributed by atoms with Gasteiger partial charge in [0.1, 0.15) is 17.8 Å². The van der Waals surface area contributed by atoms with Gasteiger partial charge in [0.05, 0.1) is 25.6 Å². The molecular formula is C25H32N2O4. The number of benzene rings is 2. The van der Waals surface area contributed by atoms with Gasteiger partial charge in [-0.1, -0.05) is 32.1 Å². The number of para-hydroxylation sites is 1. The van der Waals surface area contributed by atoms with Gasteiger partial charge in [-0.05, 0) is 36.8 Å². The van der Waals surface area contributed by atoms with E-state index in [0.717, 1.165) is 17.5 Å². The van der Waals surface area contributed by atoms with E-state index in [-0.39, 0.29) is 5.91 Å². The number of allylic oxidation sites excluding steroid dienone is 2. The van der Waals surface area contributed by atoms with Crippen molar-refractivity contribution in [2.75, 3.05) is 31.5 Å². The molecule has 0 saturated heterocycles. The third-order valence-electron chi connectivity index (χ3n) is 4.39. The summed E-state index contributed by atoms with van der Waals surface area (Å²) >= 11 is 0. The van der Waals surface area contributed by atoms with Crippen molar-refractivity contribution in [1.29, 1.82) is 0 Å². The summed E-state index contributed by atoms with van der Waals surface area (Å²) in [6.07, 6.45) is 4.84. The quantitative estimate of drug-likeness (QED) is 0.318. The van der Waals surface area contributed by atoms with Gasteiger partial charge in [0.15, 0.2) is 0 Å². The van der Waals surface area contributed by atoms with E-state index in [1.165, 1.54) is 6.08 Å². The molecule has 0 aromatic heterocycles. The number of methoxy groups -OCH3 is 2. The average Bonchev–Trinajstić information content (AvgIpc) is 2.82. The van der Waals surface area contributed by atoms with Crippen LogP contribution in [0.3, 0.4) is 0 Å². The molecule has 0 aliphatic heterocycles. The van der Waals surface area contributed by atoms with Crippen LogP contribution in [0.2, 0.25) is 0 Å². The summed E-state index contributed by atoms with van der Waals surface area (Å²) in [4.78, 5) is 25.3. The molecule has 0 heterocycles. The van der Waals surface area contributed by atoms with E-state index >= 15 is 0 Å². The van der Waals surface area contributed by atoms with Crippen molar-refractivity contribution in [3.8, 4) is 11.5 Å². The van der Waals surface area contributed by atoms with Gasteiger partial charge >= 0.3 is 0 Å². The number of hydrogen-bond acceptors (Lipinski definition) is 5. The molecule has 1 N–H and O–H groups in total. The van der Waals surface area contributed by atoms with Gasteiger partial charge < -0.3 is 19.7 Å². The predicted octanol–water partition coefficient (Wildman–Crippen LogP) is 5.31. The number of carbonyl (C=O) groups is 2. The summed E-state index contributed by atoms with van der Waals surface area (Å²) < 4.78 is 10.8. The maximum Gasteiger partial charge on any atom is 0.224 e. The molecule has 1 amide bonds. The van der Waals surface area contributed by atoms with Crippen LogP contribution < -0.4 is 19.7 Å². The number of aldehydes is 1. The van der Waals surface area contributed by atoms with Crippen LogP contribution in [0.15, 0.2) is 61.2 Å². The first-order valence-corrected chi connectivity index (χ1v) is 10.2. The summed E-state index contributed by atoms with van der Waals surface area (Å²) in [5.41, 5.74) is 2.75. The first-order chi connectivity index (χ1) is 15.0. The lowest BCUT2D eigenvalue weighted by Gasteiger charge is -2.25. The van der Waals surface area contributed by atoms with Gasteiger partial charge in [0, 0.05) is 30.8 Å². The summed E-state index contributed by atoms with van der Waals surface area (Å²) in [6.45, 7) is 7.63. The lowest BCUT2D eigenvalue weighted by atomic mass is 10.1. The Kier molecular flexibility index (Phi) is 11.2. The molecule has 0 radical (unpaired) electrons. The number of ether oxygens (including phenoxy) is 2. The number of rotatable bonds is 10. The van der Waals surface area contributed by atoms with Crippen LogP contribution in [0.4, 0.5) is 11.4 Å². The Morgan fingerprint density at radius 1 is 1.10 bits per heavy atom. The Bertz CT molecular complexity index is 906. The predicted molar refractivity (Wildman–Crippen MR) is 128 cm³/mol. The molecule has 166 valence electrons. The molecule has 2 aromatic rings. The van der Waals surface area contributed by atoms with Gasteiger partial charge in [-0.15, -0.1) is 6.58 Å². The van der Waals surface area contributed by atoms with Crippen LogP contribution in [0.25, 0.3) is 5.70 Å². The van der Waals surface area contributed by atoms with Crippen LogP contribution >= 0.6 is 0 Å². The van der Waals surface area contributed by atoms with Crippen molar-refractivity contribution >= 4 is 29.3 Å². The van der Waals surface area contributed by atoms with Crippen LogP contribution in [0.1, 0.15) is 32.3 Å². The minimum atomic E-state index is -0.128.